The van der Waals surface area contributed by atoms with E-state index in [1.807, 2.05) is 0 Å². The van der Waals surface area contributed by atoms with E-state index in [0.29, 0.717) is 12.1 Å². The summed E-state index contributed by atoms with van der Waals surface area (Å²) in [5.41, 5.74) is 0. The molecule has 2 nitrogen and oxygen atoms in total. The highest BCUT2D eigenvalue weighted by molar-refractivity contribution is 5.87. The summed E-state index contributed by atoms with van der Waals surface area (Å²) < 4.78 is 0. The van der Waals surface area contributed by atoms with Crippen LogP contribution in [-0.2, 0) is 0 Å². The number of rotatable bonds is 3. The minimum atomic E-state index is 0.591. The number of hydrogen-bond donors (Lipinski definition) is 1. The summed E-state index contributed by atoms with van der Waals surface area (Å²) >= 11 is 0. The second-order valence-electron chi connectivity index (χ2n) is 10.6. The van der Waals surface area contributed by atoms with Crippen LogP contribution in [0.25, 0.3) is 0 Å². The normalized spacial score (nSPS) is 45.2. The summed E-state index contributed by atoms with van der Waals surface area (Å²) in [4.78, 5) is 5.48. The van der Waals surface area contributed by atoms with Crippen LogP contribution in [0.3, 0.4) is 0 Å². The molecule has 4 aliphatic rings. The fraction of sp³-hybridized carbons (Fsp3) is 0.958. The third-order valence-corrected chi connectivity index (χ3v) is 8.57. The lowest BCUT2D eigenvalue weighted by molar-refractivity contribution is 0.151. The molecule has 4 rings (SSSR count). The van der Waals surface area contributed by atoms with Crippen molar-refractivity contribution in [2.45, 2.75) is 110 Å². The summed E-state index contributed by atoms with van der Waals surface area (Å²) in [5, 5.41) is 4.08. The number of amidine groups is 1. The topological polar surface area (TPSA) is 24.4 Å². The van der Waals surface area contributed by atoms with Crippen molar-refractivity contribution in [1.82, 2.24) is 5.32 Å². The van der Waals surface area contributed by atoms with Gasteiger partial charge in [-0.1, -0.05) is 59.3 Å². The van der Waals surface area contributed by atoms with Crippen molar-refractivity contribution in [1.29, 1.82) is 0 Å². The molecule has 0 amide bonds. The molecule has 0 spiro atoms. The van der Waals surface area contributed by atoms with Crippen molar-refractivity contribution in [2.24, 2.45) is 40.5 Å². The van der Waals surface area contributed by atoms with Gasteiger partial charge in [-0.25, -0.2) is 0 Å². The number of nitrogens with one attached hydrogen (secondary N) is 1. The summed E-state index contributed by atoms with van der Waals surface area (Å²) in [6, 6.07) is 1.24. The van der Waals surface area contributed by atoms with E-state index in [1.165, 1.54) is 82.9 Å². The average Bonchev–Trinajstić information content (AvgIpc) is 3.10. The molecule has 26 heavy (non-hydrogen) atoms. The van der Waals surface area contributed by atoms with E-state index in [2.05, 4.69) is 26.1 Å². The van der Waals surface area contributed by atoms with Gasteiger partial charge in [0.1, 0.15) is 5.84 Å². The van der Waals surface area contributed by atoms with Crippen LogP contribution >= 0.6 is 0 Å². The lowest BCUT2D eigenvalue weighted by Gasteiger charge is -2.39. The van der Waals surface area contributed by atoms with Gasteiger partial charge in [-0.2, -0.15) is 0 Å². The van der Waals surface area contributed by atoms with Crippen molar-refractivity contribution >= 4 is 5.84 Å². The van der Waals surface area contributed by atoms with Gasteiger partial charge in [-0.3, -0.25) is 4.99 Å². The zero-order valence-corrected chi connectivity index (χ0v) is 17.6. The van der Waals surface area contributed by atoms with Gasteiger partial charge in [0.2, 0.25) is 0 Å². The van der Waals surface area contributed by atoms with Crippen LogP contribution < -0.4 is 5.32 Å². The number of hydrogen-bond acceptors (Lipinski definition) is 2. The largest absolute Gasteiger partial charge is 0.368 e. The van der Waals surface area contributed by atoms with Gasteiger partial charge in [0, 0.05) is 5.92 Å². The number of nitrogens with zero attached hydrogens (tertiary/aromatic N) is 1. The van der Waals surface area contributed by atoms with Gasteiger partial charge in [-0.15, -0.1) is 0 Å². The lowest BCUT2D eigenvalue weighted by atomic mass is 9.69. The molecular formula is C24H42N2. The zero-order chi connectivity index (χ0) is 18.1. The summed E-state index contributed by atoms with van der Waals surface area (Å²) in [7, 11) is 0. The molecule has 148 valence electrons. The van der Waals surface area contributed by atoms with E-state index in [0.717, 1.165) is 35.5 Å². The molecule has 1 heterocycles. The molecule has 0 radical (unpaired) electrons. The molecule has 0 bridgehead atoms. The van der Waals surface area contributed by atoms with Crippen molar-refractivity contribution < 1.29 is 0 Å². The molecule has 3 aliphatic carbocycles. The minimum Gasteiger partial charge on any atom is -0.368 e. The molecule has 1 N–H and O–H groups in total. The van der Waals surface area contributed by atoms with Crippen LogP contribution in [0.5, 0.6) is 0 Å². The number of aliphatic imine (C=N–C) groups is 1. The van der Waals surface area contributed by atoms with Crippen LogP contribution in [0.15, 0.2) is 4.99 Å². The average molecular weight is 359 g/mol. The second kappa shape index (κ2) is 8.23. The summed E-state index contributed by atoms with van der Waals surface area (Å²) in [5.74, 6) is 6.57. The molecule has 3 saturated carbocycles. The molecule has 3 fully saturated rings. The van der Waals surface area contributed by atoms with Gasteiger partial charge >= 0.3 is 0 Å². The van der Waals surface area contributed by atoms with E-state index in [4.69, 9.17) is 4.99 Å². The lowest BCUT2D eigenvalue weighted by Crippen LogP contribution is -2.47. The molecule has 7 unspecified atom stereocenters. The Hall–Kier alpha value is -0.530. The van der Waals surface area contributed by atoms with Crippen molar-refractivity contribution in [3.63, 3.8) is 0 Å². The maximum Gasteiger partial charge on any atom is 0.100 e. The third kappa shape index (κ3) is 3.99. The van der Waals surface area contributed by atoms with Crippen LogP contribution in [0, 0.1) is 35.5 Å². The first-order valence-electron chi connectivity index (χ1n) is 12.0. The Kier molecular flexibility index (Phi) is 5.96. The highest BCUT2D eigenvalue weighted by Crippen LogP contribution is 2.42. The highest BCUT2D eigenvalue weighted by atomic mass is 15.1. The Morgan fingerprint density at radius 2 is 1.54 bits per heavy atom. The minimum absolute atomic E-state index is 0.591. The van der Waals surface area contributed by atoms with Crippen molar-refractivity contribution in [3.8, 4) is 0 Å². The van der Waals surface area contributed by atoms with Crippen molar-refractivity contribution in [2.75, 3.05) is 0 Å². The van der Waals surface area contributed by atoms with Gasteiger partial charge in [0.05, 0.1) is 12.1 Å². The molecular weight excluding hydrogens is 316 g/mol. The van der Waals surface area contributed by atoms with E-state index in [-0.39, 0.29) is 0 Å². The van der Waals surface area contributed by atoms with Gasteiger partial charge in [-0.05, 0) is 68.1 Å². The first kappa shape index (κ1) is 18.8. The Balaban J connectivity index is 1.50. The Morgan fingerprint density at radius 3 is 2.27 bits per heavy atom. The molecule has 0 aromatic rings. The predicted molar refractivity (Wildman–Crippen MR) is 112 cm³/mol. The van der Waals surface area contributed by atoms with E-state index in [1.54, 1.807) is 0 Å². The van der Waals surface area contributed by atoms with E-state index >= 15 is 0 Å². The highest BCUT2D eigenvalue weighted by Gasteiger charge is 2.43. The quantitative estimate of drug-likeness (QED) is 0.638. The van der Waals surface area contributed by atoms with Gasteiger partial charge in [0.15, 0.2) is 0 Å². The molecule has 0 aromatic heterocycles. The van der Waals surface area contributed by atoms with Crippen LogP contribution in [0.2, 0.25) is 0 Å². The zero-order valence-electron chi connectivity index (χ0n) is 17.6. The first-order chi connectivity index (χ1) is 12.6. The Labute approximate surface area is 162 Å². The Bertz CT molecular complexity index is 492. The molecule has 7 atom stereocenters. The fourth-order valence-electron chi connectivity index (χ4n) is 6.63. The SMILES string of the molecule is CC1CCCC(C2=NC(C3CCCCC3)C(C3CCC(C)C(C)C3)N2)C1. The Morgan fingerprint density at radius 1 is 0.731 bits per heavy atom. The maximum atomic E-state index is 5.48. The molecule has 1 aliphatic heterocycles. The van der Waals surface area contributed by atoms with Crippen molar-refractivity contribution in [3.05, 3.63) is 0 Å². The molecule has 2 heteroatoms. The van der Waals surface area contributed by atoms with Gasteiger partial charge in [0.25, 0.3) is 0 Å². The molecule has 0 aromatic carbocycles. The van der Waals surface area contributed by atoms with Crippen LogP contribution in [0.4, 0.5) is 0 Å². The second-order valence-corrected chi connectivity index (χ2v) is 10.6. The maximum absolute atomic E-state index is 5.48. The van der Waals surface area contributed by atoms with E-state index < -0.39 is 0 Å². The van der Waals surface area contributed by atoms with Crippen LogP contribution in [0.1, 0.15) is 97.8 Å². The molecule has 0 saturated heterocycles. The standard InChI is InChI=1S/C24H42N2/c1-16-8-7-11-21(14-16)24-25-22(19-9-5-4-6-10-19)23(26-24)20-13-12-17(2)18(3)15-20/h16-23H,4-15H2,1-3H3,(H,25,26). The van der Waals surface area contributed by atoms with E-state index in [9.17, 15) is 0 Å². The van der Waals surface area contributed by atoms with Gasteiger partial charge < -0.3 is 5.32 Å². The monoisotopic (exact) mass is 358 g/mol. The fourth-order valence-corrected chi connectivity index (χ4v) is 6.63. The summed E-state index contributed by atoms with van der Waals surface area (Å²) in [6.45, 7) is 7.40. The first-order valence-corrected chi connectivity index (χ1v) is 12.0. The smallest absolute Gasteiger partial charge is 0.100 e. The third-order valence-electron chi connectivity index (χ3n) is 8.57. The predicted octanol–water partition coefficient (Wildman–Crippen LogP) is 6.20. The van der Waals surface area contributed by atoms with Crippen LogP contribution in [-0.4, -0.2) is 17.9 Å². The summed E-state index contributed by atoms with van der Waals surface area (Å²) in [6.07, 6.45) is 17.1.